The fraction of sp³-hybridized carbons (Fsp3) is 0.389. The van der Waals surface area contributed by atoms with E-state index in [0.29, 0.717) is 18.8 Å². The number of anilines is 2. The molecule has 1 saturated heterocycles. The highest BCUT2D eigenvalue weighted by Gasteiger charge is 2.25. The van der Waals surface area contributed by atoms with E-state index in [1.54, 1.807) is 12.1 Å². The monoisotopic (exact) mass is 437 g/mol. The van der Waals surface area contributed by atoms with Crippen LogP contribution in [0.15, 0.2) is 45.2 Å². The summed E-state index contributed by atoms with van der Waals surface area (Å²) < 4.78 is 27.3. The van der Waals surface area contributed by atoms with Crippen LogP contribution in [0.2, 0.25) is 0 Å². The smallest absolute Gasteiger partial charge is 0.253 e. The average molecular weight is 438 g/mol. The zero-order chi connectivity index (χ0) is 20.9. The van der Waals surface area contributed by atoms with Gasteiger partial charge in [-0.05, 0) is 31.0 Å². The molecule has 0 saturated carbocycles. The number of nitrogens with two attached hydrogens (primary N) is 1. The highest BCUT2D eigenvalue weighted by molar-refractivity contribution is 7.99. The normalized spacial score (nSPS) is 15.6. The van der Waals surface area contributed by atoms with Crippen molar-refractivity contribution in [3.63, 3.8) is 0 Å². The predicted molar refractivity (Wildman–Crippen MR) is 112 cm³/mol. The molecule has 1 fully saturated rings. The lowest BCUT2D eigenvalue weighted by Crippen LogP contribution is -2.32. The summed E-state index contributed by atoms with van der Waals surface area (Å²) >= 11 is 1.03. The zero-order valence-electron chi connectivity index (χ0n) is 15.8. The summed E-state index contributed by atoms with van der Waals surface area (Å²) in [5.74, 6) is -0.303. The predicted octanol–water partition coefficient (Wildman–Crippen LogP) is 1.65. The number of rotatable bonds is 6. The third-order valence-electron chi connectivity index (χ3n) is 4.40. The Labute approximate surface area is 173 Å². The number of carbonyl (C=O) groups excluding carboxylic acids is 1. The first kappa shape index (κ1) is 21.3. The number of hydrogen-bond acceptors (Lipinski definition) is 7. The van der Waals surface area contributed by atoms with Crippen molar-refractivity contribution in [2.24, 2.45) is 0 Å². The summed E-state index contributed by atoms with van der Waals surface area (Å²) in [5, 5.41) is 2.91. The van der Waals surface area contributed by atoms with Gasteiger partial charge in [-0.3, -0.25) is 9.59 Å². The van der Waals surface area contributed by atoms with Crippen molar-refractivity contribution in [2.75, 3.05) is 29.9 Å². The van der Waals surface area contributed by atoms with E-state index in [1.165, 1.54) is 16.4 Å². The maximum atomic E-state index is 12.9. The summed E-state index contributed by atoms with van der Waals surface area (Å²) in [5.41, 5.74) is 5.51. The Balaban J connectivity index is 1.65. The largest absolute Gasteiger partial charge is 0.383 e. The lowest BCUT2D eigenvalue weighted by atomic mass is 10.2. The van der Waals surface area contributed by atoms with E-state index < -0.39 is 15.6 Å². The van der Waals surface area contributed by atoms with Crippen LogP contribution in [0, 0.1) is 0 Å². The van der Waals surface area contributed by atoms with E-state index >= 15 is 0 Å². The second-order valence-electron chi connectivity index (χ2n) is 6.66. The van der Waals surface area contributed by atoms with Gasteiger partial charge in [0.2, 0.25) is 15.9 Å². The molecular weight excluding hydrogens is 414 g/mol. The van der Waals surface area contributed by atoms with Crippen molar-refractivity contribution in [1.29, 1.82) is 0 Å². The second-order valence-corrected chi connectivity index (χ2v) is 9.56. The number of aromatic amines is 1. The first-order valence-corrected chi connectivity index (χ1v) is 11.7. The third kappa shape index (κ3) is 5.81. The molecule has 0 unspecified atom stereocenters. The number of carbonyl (C=O) groups is 1. The Morgan fingerprint density at radius 2 is 1.93 bits per heavy atom. The van der Waals surface area contributed by atoms with Gasteiger partial charge in [-0.1, -0.05) is 30.7 Å². The Hall–Kier alpha value is -2.37. The first-order chi connectivity index (χ1) is 13.8. The van der Waals surface area contributed by atoms with E-state index in [9.17, 15) is 18.0 Å². The molecule has 1 aliphatic heterocycles. The van der Waals surface area contributed by atoms with Crippen LogP contribution < -0.4 is 16.6 Å². The number of nitrogens with zero attached hydrogens (tertiary/aromatic N) is 2. The maximum absolute atomic E-state index is 12.9. The minimum Gasteiger partial charge on any atom is -0.383 e. The highest BCUT2D eigenvalue weighted by Crippen LogP contribution is 2.23. The number of H-pyrrole nitrogens is 1. The van der Waals surface area contributed by atoms with E-state index in [1.807, 2.05) is 0 Å². The van der Waals surface area contributed by atoms with Crippen LogP contribution in [0.3, 0.4) is 0 Å². The van der Waals surface area contributed by atoms with Crippen molar-refractivity contribution in [3.05, 3.63) is 40.7 Å². The molecule has 0 radical (unpaired) electrons. The Morgan fingerprint density at radius 1 is 1.21 bits per heavy atom. The average Bonchev–Trinajstić information content (AvgIpc) is 2.96. The fourth-order valence-corrected chi connectivity index (χ4v) is 5.26. The van der Waals surface area contributed by atoms with Gasteiger partial charge < -0.3 is 16.0 Å². The molecule has 0 aliphatic carbocycles. The molecule has 156 valence electrons. The third-order valence-corrected chi connectivity index (χ3v) is 7.17. The molecule has 1 aromatic heterocycles. The number of aromatic nitrogens is 2. The molecule has 3 rings (SSSR count). The Kier molecular flexibility index (Phi) is 6.93. The van der Waals surface area contributed by atoms with Crippen LogP contribution >= 0.6 is 11.8 Å². The van der Waals surface area contributed by atoms with Crippen molar-refractivity contribution < 1.29 is 13.2 Å². The molecule has 4 N–H and O–H groups in total. The van der Waals surface area contributed by atoms with Crippen molar-refractivity contribution in [2.45, 2.75) is 35.7 Å². The molecule has 11 heteroatoms. The van der Waals surface area contributed by atoms with Gasteiger partial charge in [-0.2, -0.15) is 4.31 Å². The summed E-state index contributed by atoms with van der Waals surface area (Å²) in [7, 11) is -3.60. The lowest BCUT2D eigenvalue weighted by Gasteiger charge is -2.20. The van der Waals surface area contributed by atoms with Gasteiger partial charge >= 0.3 is 0 Å². The molecule has 1 amide bonds. The Bertz CT molecular complexity index is 1030. The molecular formula is C18H23N5O4S2. The minimum atomic E-state index is -3.60. The number of sulfonamides is 1. The highest BCUT2D eigenvalue weighted by atomic mass is 32.2. The number of nitrogens with one attached hydrogen (secondary N) is 2. The van der Waals surface area contributed by atoms with E-state index in [-0.39, 0.29) is 27.5 Å². The van der Waals surface area contributed by atoms with Gasteiger partial charge in [0.05, 0.1) is 10.6 Å². The van der Waals surface area contributed by atoms with Crippen LogP contribution in [0.25, 0.3) is 0 Å². The zero-order valence-corrected chi connectivity index (χ0v) is 17.4. The van der Waals surface area contributed by atoms with Crippen molar-refractivity contribution in [1.82, 2.24) is 14.3 Å². The van der Waals surface area contributed by atoms with Gasteiger partial charge in [-0.25, -0.2) is 13.4 Å². The quantitative estimate of drug-likeness (QED) is 0.461. The standard InChI is InChI=1S/C18H23N5O4S2/c19-15-11-16(24)22-18(21-15)28-12-17(25)20-13-6-5-7-14(10-13)29(26,27)23-8-3-1-2-4-9-23/h5-7,10-11H,1-4,8-9,12H2,(H,20,25)(H3,19,21,22,24). The Morgan fingerprint density at radius 3 is 2.62 bits per heavy atom. The number of amides is 1. The van der Waals surface area contributed by atoms with Gasteiger partial charge in [0.25, 0.3) is 5.56 Å². The molecule has 29 heavy (non-hydrogen) atoms. The van der Waals surface area contributed by atoms with E-state index in [0.717, 1.165) is 43.5 Å². The van der Waals surface area contributed by atoms with Gasteiger partial charge in [0.1, 0.15) is 5.82 Å². The van der Waals surface area contributed by atoms with Gasteiger partial charge in [0.15, 0.2) is 5.16 Å². The topological polar surface area (TPSA) is 138 Å². The van der Waals surface area contributed by atoms with Crippen molar-refractivity contribution in [3.8, 4) is 0 Å². The summed E-state index contributed by atoms with van der Waals surface area (Å²) in [6, 6.07) is 7.38. The van der Waals surface area contributed by atoms with Gasteiger partial charge in [-0.15, -0.1) is 0 Å². The fourth-order valence-electron chi connectivity index (χ4n) is 3.02. The van der Waals surface area contributed by atoms with E-state index in [2.05, 4.69) is 15.3 Å². The van der Waals surface area contributed by atoms with Crippen molar-refractivity contribution >= 4 is 39.2 Å². The summed E-state index contributed by atoms with van der Waals surface area (Å²) in [6.45, 7) is 1.03. The lowest BCUT2D eigenvalue weighted by molar-refractivity contribution is -0.113. The first-order valence-electron chi connectivity index (χ1n) is 9.24. The SMILES string of the molecule is Nc1cc(=O)[nH]c(SCC(=O)Nc2cccc(S(=O)(=O)N3CCCCCC3)c2)n1. The van der Waals surface area contributed by atoms with Crippen LogP contribution in [-0.2, 0) is 14.8 Å². The molecule has 0 spiro atoms. The molecule has 0 atom stereocenters. The molecule has 2 aromatic rings. The van der Waals surface area contributed by atoms with Crippen LogP contribution in [0.4, 0.5) is 11.5 Å². The molecule has 1 aromatic carbocycles. The van der Waals surface area contributed by atoms with E-state index in [4.69, 9.17) is 5.73 Å². The second kappa shape index (κ2) is 9.42. The van der Waals surface area contributed by atoms with Crippen LogP contribution in [0.1, 0.15) is 25.7 Å². The van der Waals surface area contributed by atoms with Crippen LogP contribution in [0.5, 0.6) is 0 Å². The molecule has 2 heterocycles. The van der Waals surface area contributed by atoms with Gasteiger partial charge in [0, 0.05) is 24.8 Å². The molecule has 9 nitrogen and oxygen atoms in total. The molecule has 1 aliphatic rings. The summed E-state index contributed by atoms with van der Waals surface area (Å²) in [6.07, 6.45) is 3.78. The minimum absolute atomic E-state index is 0.0184. The number of hydrogen-bond donors (Lipinski definition) is 3. The number of thioether (sulfide) groups is 1. The van der Waals surface area contributed by atoms with Crippen LogP contribution in [-0.4, -0.2) is 47.4 Å². The number of benzene rings is 1. The molecule has 0 bridgehead atoms. The number of nitrogen functional groups attached to an aromatic ring is 1. The maximum Gasteiger partial charge on any atom is 0.253 e. The summed E-state index contributed by atoms with van der Waals surface area (Å²) in [4.78, 5) is 30.2.